The predicted molar refractivity (Wildman–Crippen MR) is 184 cm³/mol. The number of esters is 1. The normalized spacial score (nSPS) is 15.9. The maximum absolute atomic E-state index is 14.9. The van der Waals surface area contributed by atoms with Gasteiger partial charge in [0.05, 0.1) is 19.3 Å². The van der Waals surface area contributed by atoms with E-state index in [0.717, 1.165) is 0 Å². The van der Waals surface area contributed by atoms with Crippen LogP contribution in [0.3, 0.4) is 0 Å². The van der Waals surface area contributed by atoms with E-state index in [4.69, 9.17) is 18.6 Å². The average Bonchev–Trinajstić information content (AvgIpc) is 3.11. The molecule has 348 valence electrons. The van der Waals surface area contributed by atoms with Crippen LogP contribution in [0.4, 0.5) is 74.6 Å². The first-order valence-electron chi connectivity index (χ1n) is 17.8. The number of ether oxygens (including phenoxy) is 3. The molecule has 1 aromatic rings. The summed E-state index contributed by atoms with van der Waals surface area (Å²) in [6.45, 7) is 7.90. The van der Waals surface area contributed by atoms with Crippen molar-refractivity contribution in [1.82, 2.24) is 0 Å². The van der Waals surface area contributed by atoms with Gasteiger partial charge in [-0.3, -0.25) is 0 Å². The van der Waals surface area contributed by atoms with Crippen LogP contribution in [0.1, 0.15) is 66.1 Å². The molecule has 0 saturated heterocycles. The van der Waals surface area contributed by atoms with Crippen LogP contribution in [0, 0.1) is 0 Å². The monoisotopic (exact) mass is 924 g/mol. The molecule has 0 unspecified atom stereocenters. The van der Waals surface area contributed by atoms with E-state index in [0.29, 0.717) is 11.1 Å². The molecule has 1 N–H and O–H groups in total. The van der Waals surface area contributed by atoms with E-state index in [2.05, 4.69) is 0 Å². The number of aliphatic hydroxyl groups excluding tert-OH is 1. The quantitative estimate of drug-likeness (QED) is 0.0278. The van der Waals surface area contributed by atoms with Gasteiger partial charge in [0, 0.05) is 19.6 Å². The van der Waals surface area contributed by atoms with E-state index >= 15 is 0 Å². The zero-order chi connectivity index (χ0) is 47.1. The lowest BCUT2D eigenvalue weighted by molar-refractivity contribution is -0.461. The fraction of sp³-hybridized carbons (Fsp3) is 0.694. The van der Waals surface area contributed by atoms with Gasteiger partial charge in [0.15, 0.2) is 8.32 Å². The Morgan fingerprint density at radius 3 is 1.63 bits per heavy atom. The van der Waals surface area contributed by atoms with Gasteiger partial charge in [-0.15, -0.1) is 0 Å². The second-order valence-corrected chi connectivity index (χ2v) is 19.2. The van der Waals surface area contributed by atoms with Gasteiger partial charge in [0.2, 0.25) is 0 Å². The fourth-order valence-corrected chi connectivity index (χ4v) is 10.3. The zero-order valence-corrected chi connectivity index (χ0v) is 34.0. The molecule has 0 fully saturated rings. The largest absolute Gasteiger partial charge is 0.491 e. The Kier molecular flexibility index (Phi) is 18.2. The van der Waals surface area contributed by atoms with Gasteiger partial charge in [-0.05, 0) is 60.7 Å². The molecule has 0 spiro atoms. The molecule has 0 aliphatic rings. The first-order valence-corrected chi connectivity index (χ1v) is 20.1. The Labute approximate surface area is 335 Å². The number of aliphatic hydroxyl groups is 1. The molecule has 0 amide bonds. The summed E-state index contributed by atoms with van der Waals surface area (Å²) >= 11 is 0. The first-order chi connectivity index (χ1) is 27.0. The second-order valence-electron chi connectivity index (χ2n) is 14.2. The van der Waals surface area contributed by atoms with Crippen molar-refractivity contribution in [2.45, 2.75) is 131 Å². The van der Waals surface area contributed by atoms with Gasteiger partial charge in [-0.2, -0.15) is 74.6 Å². The van der Waals surface area contributed by atoms with Crippen molar-refractivity contribution in [3.63, 3.8) is 0 Å². The van der Waals surface area contributed by atoms with Crippen LogP contribution in [0.25, 0.3) is 0 Å². The smallest absolute Gasteiger partial charge is 0.460 e. The van der Waals surface area contributed by atoms with Crippen LogP contribution >= 0.6 is 0 Å². The molecule has 24 heteroatoms. The van der Waals surface area contributed by atoms with Gasteiger partial charge in [0.1, 0.15) is 18.5 Å². The van der Waals surface area contributed by atoms with Gasteiger partial charge in [-0.25, -0.2) is 4.79 Å². The highest BCUT2D eigenvalue weighted by atomic mass is 28.4. The number of methoxy groups -OCH3 is 1. The number of rotatable bonds is 24. The van der Waals surface area contributed by atoms with Gasteiger partial charge in [-0.1, -0.05) is 52.0 Å². The number of alkyl halides is 17. The van der Waals surface area contributed by atoms with Crippen molar-refractivity contribution in [1.29, 1.82) is 0 Å². The molecule has 1 aromatic carbocycles. The average molecular weight is 925 g/mol. The zero-order valence-electron chi connectivity index (χ0n) is 33.0. The van der Waals surface area contributed by atoms with Gasteiger partial charge in [0.25, 0.3) is 0 Å². The number of hydrogen-bond donors (Lipinski definition) is 1. The molecule has 0 aliphatic heterocycles. The van der Waals surface area contributed by atoms with E-state index in [1.807, 2.05) is 0 Å². The maximum atomic E-state index is 14.9. The molecule has 6 nitrogen and oxygen atoms in total. The SMILES string of the molecule is CCOC(=O)/C=C(C)/C=C/C[C@@H](OC)[C@H](O)c1ccc(OCCO[Si](CCC(F)(F)C(F)(F)C(F)(F)C(F)(F)C(F)(F)C(F)(F)C(F)(F)C(F)(F)F)(C(C)C)C(C)C)cc1. The van der Waals surface area contributed by atoms with E-state index in [1.165, 1.54) is 65.1 Å². The summed E-state index contributed by atoms with van der Waals surface area (Å²) in [7, 11) is -2.61. The minimum absolute atomic E-state index is 0.147. The van der Waals surface area contributed by atoms with Crippen molar-refractivity contribution in [2.75, 3.05) is 26.9 Å². The Morgan fingerprint density at radius 1 is 0.733 bits per heavy atom. The summed E-state index contributed by atoms with van der Waals surface area (Å²) in [6, 6.07) is 4.37. The molecule has 60 heavy (non-hydrogen) atoms. The van der Waals surface area contributed by atoms with Crippen molar-refractivity contribution >= 4 is 14.3 Å². The topological polar surface area (TPSA) is 74.2 Å². The first kappa shape index (κ1) is 54.9. The maximum Gasteiger partial charge on any atom is 0.460 e. The highest BCUT2D eigenvalue weighted by Gasteiger charge is 2.95. The number of allylic oxidation sites excluding steroid dienone is 2. The van der Waals surface area contributed by atoms with E-state index in [9.17, 15) is 84.5 Å². The van der Waals surface area contributed by atoms with E-state index < -0.39 is 104 Å². The standard InChI is InChI=1S/C36H45F17O6Si/c1-8-57-27(54)20-23(6)10-9-11-26(56-7)28(55)24-12-14-25(15-13-24)58-17-18-59-60(21(2)3,22(4)5)19-16-29(37,38)30(39,40)31(41,42)32(43,44)33(45,46)34(47,48)35(49,50)36(51,52)53/h9-10,12-15,20-22,26,28,55H,8,11,16-19H2,1-7H3/b10-9+,23-20+/t26-,28-/m1/s1. The summed E-state index contributed by atoms with van der Waals surface area (Å²) in [5, 5.41) is 10.8. The molecular weight excluding hydrogens is 879 g/mol. The summed E-state index contributed by atoms with van der Waals surface area (Å²) in [5.41, 5.74) is -0.793. The number of benzene rings is 1. The minimum Gasteiger partial charge on any atom is -0.491 e. The van der Waals surface area contributed by atoms with Gasteiger partial charge >= 0.3 is 53.6 Å². The van der Waals surface area contributed by atoms with Crippen molar-refractivity contribution in [2.24, 2.45) is 0 Å². The van der Waals surface area contributed by atoms with Crippen LogP contribution in [0.5, 0.6) is 5.75 Å². The Bertz CT molecular complexity index is 1590. The predicted octanol–water partition coefficient (Wildman–Crippen LogP) is 11.8. The number of hydrogen-bond acceptors (Lipinski definition) is 6. The number of halogens is 17. The molecule has 1 rings (SSSR count). The molecule has 0 aromatic heterocycles. The summed E-state index contributed by atoms with van der Waals surface area (Å²) in [6.07, 6.45) is -7.54. The third-order valence-corrected chi connectivity index (χ3v) is 15.2. The lowest BCUT2D eigenvalue weighted by atomic mass is 9.88. The highest BCUT2D eigenvalue weighted by Crippen LogP contribution is 2.64. The number of carbonyl (C=O) groups excluding carboxylic acids is 1. The second kappa shape index (κ2) is 19.9. The molecule has 0 heterocycles. The Hall–Kier alpha value is -3.12. The van der Waals surface area contributed by atoms with Crippen LogP contribution in [0.15, 0.2) is 48.1 Å². The summed E-state index contributed by atoms with van der Waals surface area (Å²) in [5.74, 6) is -57.1. The van der Waals surface area contributed by atoms with Gasteiger partial charge < -0.3 is 23.7 Å². The van der Waals surface area contributed by atoms with Crippen LogP contribution in [-0.2, 0) is 18.7 Å². The molecule has 0 radical (unpaired) electrons. The van der Waals surface area contributed by atoms with E-state index in [1.54, 1.807) is 26.0 Å². The van der Waals surface area contributed by atoms with Crippen LogP contribution in [0.2, 0.25) is 17.1 Å². The van der Waals surface area contributed by atoms with E-state index in [-0.39, 0.29) is 25.4 Å². The van der Waals surface area contributed by atoms with Crippen LogP contribution in [-0.4, -0.2) is 100 Å². The highest BCUT2D eigenvalue weighted by molar-refractivity contribution is 6.76. The molecule has 0 bridgehead atoms. The summed E-state index contributed by atoms with van der Waals surface area (Å²) in [4.78, 5) is 11.6. The Balaban J connectivity index is 3.17. The third-order valence-electron chi connectivity index (χ3n) is 9.55. The lowest BCUT2D eigenvalue weighted by Gasteiger charge is -2.44. The molecule has 0 saturated carbocycles. The molecule has 2 atom stereocenters. The minimum atomic E-state index is -8.69. The van der Waals surface area contributed by atoms with Crippen molar-refractivity contribution in [3.8, 4) is 5.75 Å². The van der Waals surface area contributed by atoms with Crippen molar-refractivity contribution in [3.05, 3.63) is 53.6 Å². The molecular formula is C36H45F17O6Si. The summed E-state index contributed by atoms with van der Waals surface area (Å²) < 4.78 is 256. The Morgan fingerprint density at radius 2 is 1.20 bits per heavy atom. The molecule has 0 aliphatic carbocycles. The number of carbonyl (C=O) groups is 1. The lowest BCUT2D eigenvalue weighted by Crippen LogP contribution is -2.74. The van der Waals surface area contributed by atoms with Crippen LogP contribution < -0.4 is 4.74 Å². The van der Waals surface area contributed by atoms with Crippen molar-refractivity contribution < 1.29 is 103 Å². The fourth-order valence-electron chi connectivity index (χ4n) is 5.88. The third kappa shape index (κ3) is 11.1.